The molecule has 1 aromatic heterocycles. The molecule has 4 aromatic rings. The summed E-state index contributed by atoms with van der Waals surface area (Å²) in [5, 5.41) is 10.1. The number of benzene rings is 3. The highest BCUT2D eigenvalue weighted by Gasteiger charge is 2.48. The Labute approximate surface area is 250 Å². The van der Waals surface area contributed by atoms with Crippen LogP contribution >= 0.6 is 11.6 Å². The Morgan fingerprint density at radius 1 is 1.00 bits per heavy atom. The van der Waals surface area contributed by atoms with Gasteiger partial charge in [0.2, 0.25) is 11.8 Å². The van der Waals surface area contributed by atoms with Gasteiger partial charge >= 0.3 is 5.97 Å². The number of halogens is 1. The second kappa shape index (κ2) is 11.4. The molecule has 1 spiro atoms. The van der Waals surface area contributed by atoms with Gasteiger partial charge < -0.3 is 9.67 Å². The van der Waals surface area contributed by atoms with E-state index in [0.717, 1.165) is 72.9 Å². The zero-order valence-corrected chi connectivity index (χ0v) is 24.5. The first kappa shape index (κ1) is 28.2. The van der Waals surface area contributed by atoms with E-state index in [9.17, 15) is 19.5 Å². The number of carboxylic acid groups (broad SMARTS) is 1. The van der Waals surface area contributed by atoms with Gasteiger partial charge in [-0.2, -0.15) is 0 Å². The largest absolute Gasteiger partial charge is 0.478 e. The standard InChI is InChI=1S/C34H34ClN3O4/c1-2-3-6-30-36-28-14-12-25(38-31(39)15-18-34(33(38)42)16-4-5-17-34)20-29(28)37(30)21-22-7-9-23(10-8-22)26-13-11-24(35)19-27(26)32(40)41/h7-14,19-20H,2-6,15-18,21H2,1H3,(H,40,41). The highest BCUT2D eigenvalue weighted by molar-refractivity contribution is 6.31. The Morgan fingerprint density at radius 2 is 1.76 bits per heavy atom. The predicted molar refractivity (Wildman–Crippen MR) is 164 cm³/mol. The third-order valence-electron chi connectivity index (χ3n) is 8.92. The van der Waals surface area contributed by atoms with Crippen LogP contribution in [0.5, 0.6) is 0 Å². The predicted octanol–water partition coefficient (Wildman–Crippen LogP) is 7.66. The topological polar surface area (TPSA) is 92.5 Å². The van der Waals surface area contributed by atoms with Crippen LogP contribution in [-0.2, 0) is 22.6 Å². The van der Waals surface area contributed by atoms with Gasteiger partial charge in [-0.05, 0) is 72.7 Å². The number of hydrogen-bond acceptors (Lipinski definition) is 4. The van der Waals surface area contributed by atoms with E-state index in [4.69, 9.17) is 16.6 Å². The molecular formula is C34H34ClN3O4. The lowest BCUT2D eigenvalue weighted by molar-refractivity contribution is -0.137. The number of aromatic carboxylic acids is 1. The molecule has 1 saturated carbocycles. The molecule has 2 fully saturated rings. The Balaban J connectivity index is 1.36. The molecule has 0 radical (unpaired) electrons. The summed E-state index contributed by atoms with van der Waals surface area (Å²) in [5.74, 6) is -0.246. The van der Waals surface area contributed by atoms with Crippen molar-refractivity contribution in [2.45, 2.75) is 71.3 Å². The molecule has 0 bridgehead atoms. The number of unbranched alkanes of at least 4 members (excludes halogenated alkanes) is 1. The normalized spacial score (nSPS) is 16.6. The Hall–Kier alpha value is -3.97. The van der Waals surface area contributed by atoms with Gasteiger partial charge in [-0.15, -0.1) is 0 Å². The van der Waals surface area contributed by atoms with E-state index < -0.39 is 11.4 Å². The molecule has 2 heterocycles. The van der Waals surface area contributed by atoms with Crippen molar-refractivity contribution in [2.75, 3.05) is 4.90 Å². The number of imidazole rings is 1. The van der Waals surface area contributed by atoms with Crippen LogP contribution in [0.15, 0.2) is 60.7 Å². The fourth-order valence-corrected chi connectivity index (χ4v) is 6.78. The van der Waals surface area contributed by atoms with Crippen LogP contribution in [0, 0.1) is 5.41 Å². The van der Waals surface area contributed by atoms with Crippen molar-refractivity contribution in [3.05, 3.63) is 82.6 Å². The van der Waals surface area contributed by atoms with Crippen LogP contribution in [0.4, 0.5) is 5.69 Å². The van der Waals surface area contributed by atoms with Crippen molar-refractivity contribution in [3.8, 4) is 11.1 Å². The zero-order valence-electron chi connectivity index (χ0n) is 23.7. The number of fused-ring (bicyclic) bond motifs is 1. The maximum absolute atomic E-state index is 13.7. The minimum absolute atomic E-state index is 0.0496. The first-order chi connectivity index (χ1) is 20.3. The highest BCUT2D eigenvalue weighted by atomic mass is 35.5. The van der Waals surface area contributed by atoms with Gasteiger partial charge in [-0.25, -0.2) is 9.78 Å². The van der Waals surface area contributed by atoms with Crippen LogP contribution in [0.2, 0.25) is 5.02 Å². The molecular weight excluding hydrogens is 550 g/mol. The van der Waals surface area contributed by atoms with Crippen molar-refractivity contribution in [3.63, 3.8) is 0 Å². The summed E-state index contributed by atoms with van der Waals surface area (Å²) in [4.78, 5) is 45.0. The average molecular weight is 584 g/mol. The number of aryl methyl sites for hydroxylation is 1. The zero-order chi connectivity index (χ0) is 29.4. The lowest BCUT2D eigenvalue weighted by Crippen LogP contribution is -2.50. The van der Waals surface area contributed by atoms with Crippen molar-refractivity contribution < 1.29 is 19.5 Å². The second-order valence-corrected chi connectivity index (χ2v) is 12.0. The maximum atomic E-state index is 13.7. The number of piperidine rings is 1. The Bertz CT molecular complexity index is 1690. The molecule has 2 aliphatic rings. The molecule has 1 saturated heterocycles. The van der Waals surface area contributed by atoms with Gasteiger partial charge in [0.1, 0.15) is 5.82 Å². The third-order valence-corrected chi connectivity index (χ3v) is 9.16. The summed E-state index contributed by atoms with van der Waals surface area (Å²) in [6, 6.07) is 18.5. The van der Waals surface area contributed by atoms with E-state index in [1.807, 2.05) is 42.5 Å². The number of hydrogen-bond donors (Lipinski definition) is 1. The number of aromatic nitrogens is 2. The van der Waals surface area contributed by atoms with E-state index >= 15 is 0 Å². The lowest BCUT2D eigenvalue weighted by Gasteiger charge is -2.38. The molecule has 6 rings (SSSR count). The van der Waals surface area contributed by atoms with Crippen LogP contribution in [0.3, 0.4) is 0 Å². The van der Waals surface area contributed by atoms with Gasteiger partial charge in [0.05, 0.1) is 27.7 Å². The maximum Gasteiger partial charge on any atom is 0.336 e. The third kappa shape index (κ3) is 5.11. The lowest BCUT2D eigenvalue weighted by atomic mass is 9.77. The number of amides is 2. The molecule has 1 aliphatic carbocycles. The van der Waals surface area contributed by atoms with E-state index in [1.165, 1.54) is 11.0 Å². The van der Waals surface area contributed by atoms with Gasteiger partial charge in [-0.1, -0.05) is 68.1 Å². The number of anilines is 1. The molecule has 42 heavy (non-hydrogen) atoms. The van der Waals surface area contributed by atoms with Gasteiger partial charge in [0.15, 0.2) is 0 Å². The summed E-state index contributed by atoms with van der Waals surface area (Å²) in [5.41, 5.74) is 4.53. The molecule has 1 aliphatic heterocycles. The van der Waals surface area contributed by atoms with Crippen LogP contribution < -0.4 is 4.90 Å². The number of nitrogens with zero attached hydrogens (tertiary/aromatic N) is 3. The number of carboxylic acids is 1. The second-order valence-electron chi connectivity index (χ2n) is 11.6. The minimum Gasteiger partial charge on any atom is -0.478 e. The number of imide groups is 1. The summed E-state index contributed by atoms with van der Waals surface area (Å²) in [6.45, 7) is 2.70. The number of rotatable bonds is 8. The average Bonchev–Trinajstić information content (AvgIpc) is 3.60. The first-order valence-electron chi connectivity index (χ1n) is 14.8. The molecule has 1 N–H and O–H groups in total. The SMILES string of the molecule is CCCCc1nc2ccc(N3C(=O)CCC4(CCCC4)C3=O)cc2n1Cc1ccc(-c2ccc(Cl)cc2C(=O)O)cc1. The van der Waals surface area contributed by atoms with E-state index in [2.05, 4.69) is 11.5 Å². The van der Waals surface area contributed by atoms with Crippen molar-refractivity contribution in [1.29, 1.82) is 0 Å². The first-order valence-corrected chi connectivity index (χ1v) is 15.2. The summed E-state index contributed by atoms with van der Waals surface area (Å²) < 4.78 is 2.18. The van der Waals surface area contributed by atoms with Crippen LogP contribution in [-0.4, -0.2) is 32.4 Å². The molecule has 3 aromatic carbocycles. The minimum atomic E-state index is -1.03. The molecule has 0 unspecified atom stereocenters. The number of carbonyl (C=O) groups is 3. The quantitative estimate of drug-likeness (QED) is 0.215. The number of carbonyl (C=O) groups excluding carboxylic acids is 2. The Kier molecular flexibility index (Phi) is 7.62. The summed E-state index contributed by atoms with van der Waals surface area (Å²) >= 11 is 6.05. The van der Waals surface area contributed by atoms with Crippen LogP contribution in [0.1, 0.15) is 80.0 Å². The van der Waals surface area contributed by atoms with Gasteiger partial charge in [0.25, 0.3) is 0 Å². The highest BCUT2D eigenvalue weighted by Crippen LogP contribution is 2.47. The van der Waals surface area contributed by atoms with E-state index in [-0.39, 0.29) is 17.4 Å². The fraction of sp³-hybridized carbons (Fsp3) is 0.353. The summed E-state index contributed by atoms with van der Waals surface area (Å²) in [6.07, 6.45) is 7.69. The van der Waals surface area contributed by atoms with E-state index in [0.29, 0.717) is 35.7 Å². The summed E-state index contributed by atoms with van der Waals surface area (Å²) in [7, 11) is 0. The fourth-order valence-electron chi connectivity index (χ4n) is 6.61. The van der Waals surface area contributed by atoms with Crippen molar-refractivity contribution in [2.24, 2.45) is 5.41 Å². The molecule has 7 nitrogen and oxygen atoms in total. The monoisotopic (exact) mass is 583 g/mol. The van der Waals surface area contributed by atoms with Crippen molar-refractivity contribution >= 4 is 46.1 Å². The van der Waals surface area contributed by atoms with Gasteiger partial charge in [0, 0.05) is 24.4 Å². The molecule has 0 atom stereocenters. The smallest absolute Gasteiger partial charge is 0.336 e. The molecule has 8 heteroatoms. The molecule has 2 amide bonds. The molecule has 216 valence electrons. The van der Waals surface area contributed by atoms with Gasteiger partial charge in [-0.3, -0.25) is 14.5 Å². The van der Waals surface area contributed by atoms with Crippen molar-refractivity contribution in [1.82, 2.24) is 9.55 Å². The van der Waals surface area contributed by atoms with Crippen LogP contribution in [0.25, 0.3) is 22.2 Å². The van der Waals surface area contributed by atoms with E-state index in [1.54, 1.807) is 12.1 Å². The Morgan fingerprint density at radius 3 is 2.48 bits per heavy atom.